The summed E-state index contributed by atoms with van der Waals surface area (Å²) >= 11 is 1.51. The number of H-pyrrole nitrogens is 1. The maximum atomic E-state index is 12.7. The van der Waals surface area contributed by atoms with Gasteiger partial charge in [-0.05, 0) is 44.4 Å². The summed E-state index contributed by atoms with van der Waals surface area (Å²) in [5.41, 5.74) is 2.83. The molecular formula is C19H26N8O2S. The van der Waals surface area contributed by atoms with Gasteiger partial charge in [0, 0.05) is 17.8 Å². The van der Waals surface area contributed by atoms with Crippen molar-refractivity contribution in [3.63, 3.8) is 0 Å². The van der Waals surface area contributed by atoms with E-state index in [2.05, 4.69) is 54.5 Å². The second-order valence-electron chi connectivity index (χ2n) is 7.40. The second-order valence-corrected chi connectivity index (χ2v) is 8.17. The second kappa shape index (κ2) is 9.79. The monoisotopic (exact) mass is 430 g/mol. The van der Waals surface area contributed by atoms with E-state index in [-0.39, 0.29) is 11.9 Å². The molecule has 0 aliphatic rings. The fraction of sp³-hybridized carbons (Fsp3) is 0.526. The molecule has 0 aromatic carbocycles. The lowest BCUT2D eigenvalue weighted by atomic mass is 10.0. The first-order valence-corrected chi connectivity index (χ1v) is 11.0. The van der Waals surface area contributed by atoms with E-state index < -0.39 is 0 Å². The standard InChI is InChI=1S/C19H26N8O2S/c1-10(2)8-14(18-25-17(27-29-18)16-20-9-21-26-16)24-15(28)7-6-13-11(3)22-19(30-5)23-12(13)4/h9-10,14H,6-8H2,1-5H3,(H,24,28)(H,20,21,26). The van der Waals surface area contributed by atoms with E-state index in [0.29, 0.717) is 42.7 Å². The number of nitrogens with zero attached hydrogens (tertiary/aromatic N) is 6. The first-order chi connectivity index (χ1) is 14.4. The van der Waals surface area contributed by atoms with Crippen LogP contribution in [0.4, 0.5) is 0 Å². The third-order valence-electron chi connectivity index (χ3n) is 4.59. The van der Waals surface area contributed by atoms with Gasteiger partial charge in [-0.3, -0.25) is 9.89 Å². The van der Waals surface area contributed by atoms with Gasteiger partial charge in [-0.25, -0.2) is 15.0 Å². The number of carbonyl (C=O) groups is 1. The largest absolute Gasteiger partial charge is 0.344 e. The first kappa shape index (κ1) is 21.9. The molecule has 3 heterocycles. The SMILES string of the molecule is CSc1nc(C)c(CCC(=O)NC(CC(C)C)c2nc(-c3ncn[nH]3)no2)c(C)n1. The molecule has 0 fully saturated rings. The number of thioether (sulfide) groups is 1. The highest BCUT2D eigenvalue weighted by atomic mass is 32.2. The van der Waals surface area contributed by atoms with Crippen LogP contribution in [-0.2, 0) is 11.2 Å². The lowest BCUT2D eigenvalue weighted by Crippen LogP contribution is -2.30. The fourth-order valence-electron chi connectivity index (χ4n) is 3.15. The minimum absolute atomic E-state index is 0.0900. The average Bonchev–Trinajstić information content (AvgIpc) is 3.37. The van der Waals surface area contributed by atoms with Crippen LogP contribution in [0.2, 0.25) is 0 Å². The predicted molar refractivity (Wildman–Crippen MR) is 112 cm³/mol. The van der Waals surface area contributed by atoms with Crippen LogP contribution >= 0.6 is 11.8 Å². The van der Waals surface area contributed by atoms with Crippen molar-refractivity contribution in [2.45, 2.75) is 58.2 Å². The Morgan fingerprint density at radius 2 is 1.97 bits per heavy atom. The van der Waals surface area contributed by atoms with Gasteiger partial charge in [0.15, 0.2) is 11.0 Å². The summed E-state index contributed by atoms with van der Waals surface area (Å²) in [7, 11) is 0. The van der Waals surface area contributed by atoms with Gasteiger partial charge in [-0.15, -0.1) is 0 Å². The number of hydrogen-bond donors (Lipinski definition) is 2. The predicted octanol–water partition coefficient (Wildman–Crippen LogP) is 2.82. The van der Waals surface area contributed by atoms with Gasteiger partial charge in [-0.2, -0.15) is 10.1 Å². The molecule has 0 spiro atoms. The topological polar surface area (TPSA) is 135 Å². The van der Waals surface area contributed by atoms with E-state index in [1.807, 2.05) is 20.1 Å². The van der Waals surface area contributed by atoms with Crippen LogP contribution in [0.5, 0.6) is 0 Å². The summed E-state index contributed by atoms with van der Waals surface area (Å²) in [6.45, 7) is 8.05. The van der Waals surface area contributed by atoms with E-state index >= 15 is 0 Å². The molecule has 3 aromatic heterocycles. The summed E-state index contributed by atoms with van der Waals surface area (Å²) in [4.78, 5) is 30.0. The van der Waals surface area contributed by atoms with Crippen molar-refractivity contribution in [2.24, 2.45) is 5.92 Å². The average molecular weight is 431 g/mol. The Hall–Kier alpha value is -2.82. The van der Waals surface area contributed by atoms with Crippen molar-refractivity contribution in [1.29, 1.82) is 0 Å². The maximum absolute atomic E-state index is 12.7. The van der Waals surface area contributed by atoms with Crippen molar-refractivity contribution in [3.05, 3.63) is 29.2 Å². The zero-order valence-electron chi connectivity index (χ0n) is 17.8. The number of rotatable bonds is 9. The van der Waals surface area contributed by atoms with E-state index in [1.54, 1.807) is 0 Å². The molecule has 160 valence electrons. The lowest BCUT2D eigenvalue weighted by molar-refractivity contribution is -0.122. The van der Waals surface area contributed by atoms with E-state index in [0.717, 1.165) is 22.1 Å². The van der Waals surface area contributed by atoms with Gasteiger partial charge < -0.3 is 9.84 Å². The minimum atomic E-state index is -0.376. The number of nitrogens with one attached hydrogen (secondary N) is 2. The van der Waals surface area contributed by atoms with Crippen molar-refractivity contribution in [1.82, 2.24) is 40.6 Å². The normalized spacial score (nSPS) is 12.3. The quantitative estimate of drug-likeness (QED) is 0.388. The molecule has 0 aliphatic heterocycles. The highest BCUT2D eigenvalue weighted by molar-refractivity contribution is 7.98. The molecule has 3 rings (SSSR count). The Labute approximate surface area is 179 Å². The van der Waals surface area contributed by atoms with Crippen molar-refractivity contribution in [3.8, 4) is 11.6 Å². The first-order valence-electron chi connectivity index (χ1n) is 9.74. The zero-order valence-corrected chi connectivity index (χ0v) is 18.6. The third kappa shape index (κ3) is 5.41. The Bertz CT molecular complexity index is 963. The van der Waals surface area contributed by atoms with Gasteiger partial charge in [0.25, 0.3) is 0 Å². The molecule has 0 aliphatic carbocycles. The van der Waals surface area contributed by atoms with Crippen LogP contribution in [0, 0.1) is 19.8 Å². The number of carbonyl (C=O) groups excluding carboxylic acids is 1. The molecule has 2 N–H and O–H groups in total. The molecule has 1 atom stereocenters. The summed E-state index contributed by atoms with van der Waals surface area (Å²) in [5.74, 6) is 1.31. The van der Waals surface area contributed by atoms with Gasteiger partial charge in [-0.1, -0.05) is 30.8 Å². The Kier molecular flexibility index (Phi) is 7.14. The molecular weight excluding hydrogens is 404 g/mol. The smallest absolute Gasteiger partial charge is 0.249 e. The highest BCUT2D eigenvalue weighted by Gasteiger charge is 2.23. The Morgan fingerprint density at radius 3 is 2.57 bits per heavy atom. The Morgan fingerprint density at radius 1 is 1.23 bits per heavy atom. The van der Waals surface area contributed by atoms with E-state index in [4.69, 9.17) is 4.52 Å². The highest BCUT2D eigenvalue weighted by Crippen LogP contribution is 2.23. The van der Waals surface area contributed by atoms with Crippen LogP contribution in [0.3, 0.4) is 0 Å². The molecule has 1 amide bonds. The van der Waals surface area contributed by atoms with Crippen LogP contribution in [0.15, 0.2) is 16.0 Å². The molecule has 1 unspecified atom stereocenters. The fourth-order valence-corrected chi connectivity index (χ4v) is 3.60. The van der Waals surface area contributed by atoms with Crippen LogP contribution in [-0.4, -0.2) is 47.5 Å². The zero-order chi connectivity index (χ0) is 21.7. The van der Waals surface area contributed by atoms with Gasteiger partial charge in [0.1, 0.15) is 12.4 Å². The van der Waals surface area contributed by atoms with E-state index in [9.17, 15) is 4.79 Å². The molecule has 11 heteroatoms. The summed E-state index contributed by atoms with van der Waals surface area (Å²) < 4.78 is 5.39. The van der Waals surface area contributed by atoms with Crippen molar-refractivity contribution < 1.29 is 9.32 Å². The minimum Gasteiger partial charge on any atom is -0.344 e. The van der Waals surface area contributed by atoms with Crippen LogP contribution < -0.4 is 5.32 Å². The lowest BCUT2D eigenvalue weighted by Gasteiger charge is -2.17. The van der Waals surface area contributed by atoms with Gasteiger partial charge in [0.2, 0.25) is 17.6 Å². The van der Waals surface area contributed by atoms with Gasteiger partial charge in [0.05, 0.1) is 0 Å². The molecule has 10 nitrogen and oxygen atoms in total. The molecule has 0 saturated heterocycles. The maximum Gasteiger partial charge on any atom is 0.249 e. The summed E-state index contributed by atoms with van der Waals surface area (Å²) in [6, 6.07) is -0.376. The molecule has 0 saturated carbocycles. The molecule has 30 heavy (non-hydrogen) atoms. The number of aryl methyl sites for hydroxylation is 2. The molecule has 3 aromatic rings. The Balaban J connectivity index is 1.67. The van der Waals surface area contributed by atoms with Gasteiger partial charge >= 0.3 is 0 Å². The van der Waals surface area contributed by atoms with E-state index in [1.165, 1.54) is 18.1 Å². The molecule has 0 bridgehead atoms. The third-order valence-corrected chi connectivity index (χ3v) is 5.14. The number of hydrogen-bond acceptors (Lipinski definition) is 9. The van der Waals surface area contributed by atoms with Crippen LogP contribution in [0.25, 0.3) is 11.6 Å². The summed E-state index contributed by atoms with van der Waals surface area (Å²) in [5, 5.41) is 14.2. The number of amides is 1. The van der Waals surface area contributed by atoms with Crippen molar-refractivity contribution >= 4 is 17.7 Å². The molecule has 0 radical (unpaired) electrons. The van der Waals surface area contributed by atoms with Crippen molar-refractivity contribution in [2.75, 3.05) is 6.26 Å². The number of aromatic amines is 1. The number of aromatic nitrogens is 7. The van der Waals surface area contributed by atoms with Crippen LogP contribution in [0.1, 0.15) is 55.6 Å². The summed E-state index contributed by atoms with van der Waals surface area (Å²) in [6.07, 6.45) is 4.88.